The van der Waals surface area contributed by atoms with Crippen LogP contribution in [0.25, 0.3) is 0 Å². The number of aryl methyl sites for hydroxylation is 3. The van der Waals surface area contributed by atoms with Crippen LogP contribution in [0.2, 0.25) is 0 Å². The van der Waals surface area contributed by atoms with Crippen molar-refractivity contribution >= 4 is 23.1 Å². The predicted molar refractivity (Wildman–Crippen MR) is 95.7 cm³/mol. The van der Waals surface area contributed by atoms with E-state index < -0.39 is 0 Å². The normalized spacial score (nSPS) is 9.29. The minimum atomic E-state index is 0.879. The van der Waals surface area contributed by atoms with Crippen LogP contribution in [0.4, 0.5) is 5.69 Å². The van der Waals surface area contributed by atoms with Crippen LogP contribution in [-0.4, -0.2) is 5.16 Å². The van der Waals surface area contributed by atoms with Gasteiger partial charge in [0, 0.05) is 0 Å². The third kappa shape index (κ3) is 6.99. The average molecular weight is 297 g/mol. The van der Waals surface area contributed by atoms with Gasteiger partial charge in [-0.15, -0.1) is 0 Å². The molecule has 2 aromatic carbocycles. The molecule has 0 aliphatic carbocycles. The van der Waals surface area contributed by atoms with E-state index in [0.29, 0.717) is 0 Å². The standard InChI is InChI=1S/C10H11NS.C9H12/c1-2-3-9-4-6-10(7-5-9)11-8-12;1-3-9-6-4-8(2)5-7-9/h4-7H,2-3H2,1H3;4-7H,3H2,1-2H3. The topological polar surface area (TPSA) is 12.4 Å². The molecule has 0 unspecified atom stereocenters. The Morgan fingerprint density at radius 1 is 0.905 bits per heavy atom. The lowest BCUT2D eigenvalue weighted by Gasteiger charge is -1.97. The second kappa shape index (κ2) is 10.0. The number of thiocarbonyl (C=S) groups is 1. The smallest absolute Gasteiger partial charge is 0.0739 e. The number of hydrogen-bond acceptors (Lipinski definition) is 2. The van der Waals surface area contributed by atoms with E-state index in [4.69, 9.17) is 0 Å². The van der Waals surface area contributed by atoms with E-state index in [1.54, 1.807) is 0 Å². The number of nitrogens with zero attached hydrogens (tertiary/aromatic N) is 1. The zero-order valence-corrected chi connectivity index (χ0v) is 13.9. The molecule has 2 heteroatoms. The maximum Gasteiger partial charge on any atom is 0.0739 e. The highest BCUT2D eigenvalue weighted by molar-refractivity contribution is 7.78. The summed E-state index contributed by atoms with van der Waals surface area (Å²) < 4.78 is 0. The van der Waals surface area contributed by atoms with Crippen molar-refractivity contribution in [1.29, 1.82) is 0 Å². The third-order valence-corrected chi connectivity index (χ3v) is 3.27. The minimum Gasteiger partial charge on any atom is -0.195 e. The van der Waals surface area contributed by atoms with Gasteiger partial charge in [0.25, 0.3) is 0 Å². The van der Waals surface area contributed by atoms with Crippen molar-refractivity contribution in [3.8, 4) is 0 Å². The van der Waals surface area contributed by atoms with Gasteiger partial charge in [-0.05, 0) is 55.2 Å². The summed E-state index contributed by atoms with van der Waals surface area (Å²) in [5, 5.41) is 2.34. The second-order valence-corrected chi connectivity index (χ2v) is 5.14. The highest BCUT2D eigenvalue weighted by atomic mass is 32.1. The van der Waals surface area contributed by atoms with Crippen LogP contribution in [0, 0.1) is 6.92 Å². The molecule has 0 radical (unpaired) electrons. The fourth-order valence-electron chi connectivity index (χ4n) is 1.90. The summed E-state index contributed by atoms with van der Waals surface area (Å²) in [4.78, 5) is 3.87. The van der Waals surface area contributed by atoms with Crippen molar-refractivity contribution in [2.75, 3.05) is 0 Å². The first kappa shape index (κ1) is 17.3. The van der Waals surface area contributed by atoms with Crippen molar-refractivity contribution in [3.63, 3.8) is 0 Å². The molecule has 2 rings (SSSR count). The van der Waals surface area contributed by atoms with E-state index in [1.165, 1.54) is 23.1 Å². The number of rotatable bonds is 4. The maximum atomic E-state index is 4.50. The van der Waals surface area contributed by atoms with Gasteiger partial charge in [-0.1, -0.05) is 62.2 Å². The van der Waals surface area contributed by atoms with Gasteiger partial charge in [-0.3, -0.25) is 0 Å². The van der Waals surface area contributed by atoms with E-state index in [-0.39, 0.29) is 0 Å². The molecule has 0 heterocycles. The summed E-state index contributed by atoms with van der Waals surface area (Å²) in [6.45, 7) is 6.45. The summed E-state index contributed by atoms with van der Waals surface area (Å²) >= 11 is 4.50. The van der Waals surface area contributed by atoms with E-state index in [0.717, 1.165) is 18.5 Å². The molecular formula is C19H23NS. The molecule has 2 aromatic rings. The largest absolute Gasteiger partial charge is 0.195 e. The molecule has 1 nitrogen and oxygen atoms in total. The minimum absolute atomic E-state index is 0.879. The molecule has 0 aliphatic heterocycles. The third-order valence-electron chi connectivity index (χ3n) is 3.18. The Balaban J connectivity index is 0.000000219. The monoisotopic (exact) mass is 297 g/mol. The van der Waals surface area contributed by atoms with E-state index in [2.05, 4.69) is 79.5 Å². The molecule has 0 N–H and O–H groups in total. The maximum absolute atomic E-state index is 4.50. The van der Waals surface area contributed by atoms with Crippen LogP contribution < -0.4 is 0 Å². The van der Waals surface area contributed by atoms with Crippen molar-refractivity contribution in [3.05, 3.63) is 65.2 Å². The number of isothiocyanates is 1. The lowest BCUT2D eigenvalue weighted by molar-refractivity contribution is 0.922. The molecule has 0 aliphatic rings. The SMILES string of the molecule is CCCc1ccc(N=C=S)cc1.CCc1ccc(C)cc1. The van der Waals surface area contributed by atoms with Crippen molar-refractivity contribution in [1.82, 2.24) is 0 Å². The molecule has 0 aromatic heterocycles. The number of benzene rings is 2. The zero-order valence-electron chi connectivity index (χ0n) is 13.1. The van der Waals surface area contributed by atoms with Gasteiger partial charge in [0.15, 0.2) is 0 Å². The molecule has 0 saturated carbocycles. The van der Waals surface area contributed by atoms with Crippen LogP contribution in [-0.2, 0) is 12.8 Å². The molecule has 0 saturated heterocycles. The van der Waals surface area contributed by atoms with Crippen LogP contribution in [0.1, 0.15) is 37.0 Å². The van der Waals surface area contributed by atoms with Gasteiger partial charge in [-0.2, -0.15) is 4.99 Å². The number of aliphatic imine (C=N–C) groups is 1. The Morgan fingerprint density at radius 2 is 1.48 bits per heavy atom. The van der Waals surface area contributed by atoms with Crippen LogP contribution >= 0.6 is 12.2 Å². The Labute approximate surface area is 133 Å². The molecule has 0 amide bonds. The lowest BCUT2D eigenvalue weighted by atomic mass is 10.1. The first-order valence-electron chi connectivity index (χ1n) is 7.42. The van der Waals surface area contributed by atoms with Crippen molar-refractivity contribution in [2.45, 2.75) is 40.0 Å². The quantitative estimate of drug-likeness (QED) is 0.503. The van der Waals surface area contributed by atoms with Gasteiger partial charge in [0.1, 0.15) is 0 Å². The van der Waals surface area contributed by atoms with E-state index in [9.17, 15) is 0 Å². The van der Waals surface area contributed by atoms with Crippen LogP contribution in [0.3, 0.4) is 0 Å². The van der Waals surface area contributed by atoms with Crippen LogP contribution in [0.5, 0.6) is 0 Å². The second-order valence-electron chi connectivity index (χ2n) is 4.96. The highest BCUT2D eigenvalue weighted by Crippen LogP contribution is 2.13. The zero-order chi connectivity index (χ0) is 15.5. The Kier molecular flexibility index (Phi) is 8.27. The van der Waals surface area contributed by atoms with Crippen LogP contribution in [0.15, 0.2) is 53.5 Å². The molecule has 0 fully saturated rings. The van der Waals surface area contributed by atoms with Crippen molar-refractivity contribution < 1.29 is 0 Å². The van der Waals surface area contributed by atoms with E-state index in [1.807, 2.05) is 12.1 Å². The Morgan fingerprint density at radius 3 is 1.95 bits per heavy atom. The van der Waals surface area contributed by atoms with Crippen molar-refractivity contribution in [2.24, 2.45) is 4.99 Å². The average Bonchev–Trinajstić information content (AvgIpc) is 2.51. The lowest BCUT2D eigenvalue weighted by Crippen LogP contribution is -1.80. The van der Waals surface area contributed by atoms with E-state index >= 15 is 0 Å². The summed E-state index contributed by atoms with van der Waals surface area (Å²) in [6.07, 6.45) is 3.44. The first-order chi connectivity index (χ1) is 10.2. The predicted octanol–water partition coefficient (Wildman–Crippen LogP) is 5.93. The molecule has 21 heavy (non-hydrogen) atoms. The summed E-state index contributed by atoms with van der Waals surface area (Å²) in [7, 11) is 0. The van der Waals surface area contributed by atoms with Gasteiger partial charge in [0.2, 0.25) is 0 Å². The van der Waals surface area contributed by atoms with Gasteiger partial charge >= 0.3 is 0 Å². The van der Waals surface area contributed by atoms with Gasteiger partial charge in [0.05, 0.1) is 10.8 Å². The number of hydrogen-bond donors (Lipinski definition) is 0. The first-order valence-corrected chi connectivity index (χ1v) is 7.82. The molecular weight excluding hydrogens is 274 g/mol. The van der Waals surface area contributed by atoms with Gasteiger partial charge < -0.3 is 0 Å². The Hall–Kier alpha value is -1.76. The molecule has 0 atom stereocenters. The summed E-state index contributed by atoms with van der Waals surface area (Å²) in [5.74, 6) is 0. The molecule has 0 spiro atoms. The highest BCUT2D eigenvalue weighted by Gasteiger charge is 1.90. The Bertz CT molecular complexity index is 564. The fourth-order valence-corrected chi connectivity index (χ4v) is 2.01. The fraction of sp³-hybridized carbons (Fsp3) is 0.316. The molecule has 110 valence electrons. The van der Waals surface area contributed by atoms with Gasteiger partial charge in [-0.25, -0.2) is 0 Å². The summed E-state index contributed by atoms with van der Waals surface area (Å²) in [5.41, 5.74) is 4.98. The molecule has 0 bridgehead atoms. The summed E-state index contributed by atoms with van der Waals surface area (Å²) in [6, 6.07) is 16.7.